The van der Waals surface area contributed by atoms with Crippen LogP contribution >= 0.6 is 0 Å². The smallest absolute Gasteiger partial charge is 0.264 e. The van der Waals surface area contributed by atoms with Gasteiger partial charge >= 0.3 is 0 Å². The third kappa shape index (κ3) is 3.55. The fraction of sp³-hybridized carbons (Fsp3) is 0.286. The predicted octanol–water partition coefficient (Wildman–Crippen LogP) is 3.20. The first kappa shape index (κ1) is 18.0. The van der Waals surface area contributed by atoms with Crippen LogP contribution in [0, 0.1) is 0 Å². The van der Waals surface area contributed by atoms with E-state index in [0.717, 1.165) is 29.7 Å². The van der Waals surface area contributed by atoms with Crippen molar-refractivity contribution in [2.45, 2.75) is 26.3 Å². The third-order valence-corrected chi connectivity index (χ3v) is 4.81. The number of ether oxygens (including phenoxy) is 1. The van der Waals surface area contributed by atoms with Crippen LogP contribution in [0.15, 0.2) is 48.5 Å². The van der Waals surface area contributed by atoms with E-state index in [9.17, 15) is 9.59 Å². The Morgan fingerprint density at radius 2 is 1.96 bits per heavy atom. The summed E-state index contributed by atoms with van der Waals surface area (Å²) in [5.74, 6) is 0.963. The number of nitrogens with one attached hydrogen (secondary N) is 1. The quantitative estimate of drug-likeness (QED) is 0.715. The number of amides is 2. The summed E-state index contributed by atoms with van der Waals surface area (Å²) < 4.78 is 7.53. The Labute approximate surface area is 162 Å². The monoisotopic (exact) mass is 378 g/mol. The SMILES string of the molecule is CCn1c(NC(=O)COc2ccc(N3CCCC3=O)cc2)nc2ccccc21. The van der Waals surface area contributed by atoms with Crippen LogP contribution in [-0.4, -0.2) is 34.5 Å². The maximum atomic E-state index is 12.3. The lowest BCUT2D eigenvalue weighted by Crippen LogP contribution is -2.23. The Bertz CT molecular complexity index is 1010. The minimum absolute atomic E-state index is 0.116. The largest absolute Gasteiger partial charge is 0.484 e. The molecule has 4 rings (SSSR count). The number of aromatic nitrogens is 2. The maximum Gasteiger partial charge on any atom is 0.264 e. The molecular weight excluding hydrogens is 356 g/mol. The van der Waals surface area contributed by atoms with Gasteiger partial charge in [0.2, 0.25) is 11.9 Å². The molecule has 28 heavy (non-hydrogen) atoms. The van der Waals surface area contributed by atoms with E-state index in [2.05, 4.69) is 10.3 Å². The Balaban J connectivity index is 1.38. The van der Waals surface area contributed by atoms with Crippen LogP contribution in [0.5, 0.6) is 5.75 Å². The summed E-state index contributed by atoms with van der Waals surface area (Å²) >= 11 is 0. The third-order valence-electron chi connectivity index (χ3n) is 4.81. The van der Waals surface area contributed by atoms with Gasteiger partial charge in [-0.1, -0.05) is 12.1 Å². The summed E-state index contributed by atoms with van der Waals surface area (Å²) in [5.41, 5.74) is 2.68. The number of benzene rings is 2. The number of para-hydroxylation sites is 2. The van der Waals surface area contributed by atoms with E-state index in [-0.39, 0.29) is 18.4 Å². The molecule has 0 aliphatic carbocycles. The summed E-state index contributed by atoms with van der Waals surface area (Å²) in [7, 11) is 0. The van der Waals surface area contributed by atoms with Gasteiger partial charge in [-0.25, -0.2) is 4.98 Å². The van der Waals surface area contributed by atoms with Gasteiger partial charge in [-0.3, -0.25) is 14.9 Å². The number of hydrogen-bond acceptors (Lipinski definition) is 4. The van der Waals surface area contributed by atoms with Crippen molar-refractivity contribution in [1.29, 1.82) is 0 Å². The highest BCUT2D eigenvalue weighted by Crippen LogP contribution is 2.24. The predicted molar refractivity (Wildman–Crippen MR) is 108 cm³/mol. The van der Waals surface area contributed by atoms with Crippen LogP contribution in [0.2, 0.25) is 0 Å². The van der Waals surface area contributed by atoms with Crippen molar-refractivity contribution >= 4 is 34.5 Å². The lowest BCUT2D eigenvalue weighted by atomic mass is 10.3. The van der Waals surface area contributed by atoms with Gasteiger partial charge in [0.15, 0.2) is 6.61 Å². The number of carbonyl (C=O) groups is 2. The standard InChI is InChI=1S/C21H22N4O3/c1-2-24-18-7-4-3-6-17(18)22-21(24)23-19(26)14-28-16-11-9-15(10-12-16)25-13-5-8-20(25)27/h3-4,6-7,9-12H,2,5,8,13-14H2,1H3,(H,22,23,26). The van der Waals surface area contributed by atoms with Crippen LogP contribution in [-0.2, 0) is 16.1 Å². The van der Waals surface area contributed by atoms with Gasteiger partial charge in [0, 0.05) is 25.2 Å². The normalized spacial score (nSPS) is 13.9. The first-order valence-corrected chi connectivity index (χ1v) is 9.44. The number of hydrogen-bond donors (Lipinski definition) is 1. The minimum atomic E-state index is -0.274. The van der Waals surface area contributed by atoms with Gasteiger partial charge in [0.05, 0.1) is 11.0 Å². The molecule has 7 nitrogen and oxygen atoms in total. The fourth-order valence-electron chi connectivity index (χ4n) is 3.44. The lowest BCUT2D eigenvalue weighted by Gasteiger charge is -2.16. The molecule has 2 heterocycles. The van der Waals surface area contributed by atoms with Crippen molar-refractivity contribution in [1.82, 2.24) is 9.55 Å². The van der Waals surface area contributed by atoms with E-state index in [1.54, 1.807) is 17.0 Å². The van der Waals surface area contributed by atoms with E-state index in [4.69, 9.17) is 4.74 Å². The van der Waals surface area contributed by atoms with Gasteiger partial charge in [-0.05, 0) is 49.7 Å². The number of nitrogens with zero attached hydrogens (tertiary/aromatic N) is 3. The van der Waals surface area contributed by atoms with Crippen molar-refractivity contribution in [2.24, 2.45) is 0 Å². The number of aryl methyl sites for hydroxylation is 1. The first-order chi connectivity index (χ1) is 13.7. The molecule has 1 aliphatic heterocycles. The Morgan fingerprint density at radius 3 is 2.68 bits per heavy atom. The Kier molecular flexibility index (Phi) is 4.97. The molecule has 0 radical (unpaired) electrons. The fourth-order valence-corrected chi connectivity index (χ4v) is 3.44. The zero-order valence-electron chi connectivity index (χ0n) is 15.7. The van der Waals surface area contributed by atoms with E-state index in [0.29, 0.717) is 24.7 Å². The Hall–Kier alpha value is -3.35. The van der Waals surface area contributed by atoms with Gasteiger partial charge in [0.1, 0.15) is 5.75 Å². The first-order valence-electron chi connectivity index (χ1n) is 9.44. The average Bonchev–Trinajstić information content (AvgIpc) is 3.29. The van der Waals surface area contributed by atoms with Gasteiger partial charge < -0.3 is 14.2 Å². The number of imidazole rings is 1. The van der Waals surface area contributed by atoms with Gasteiger partial charge in [-0.2, -0.15) is 0 Å². The molecule has 0 spiro atoms. The zero-order chi connectivity index (χ0) is 19.5. The van der Waals surface area contributed by atoms with Crippen molar-refractivity contribution in [3.63, 3.8) is 0 Å². The molecule has 0 saturated carbocycles. The topological polar surface area (TPSA) is 76.5 Å². The van der Waals surface area contributed by atoms with Crippen LogP contribution in [0.4, 0.5) is 11.6 Å². The zero-order valence-corrected chi connectivity index (χ0v) is 15.7. The second kappa shape index (κ2) is 7.72. The molecule has 1 aliphatic rings. The molecule has 7 heteroatoms. The molecule has 1 aromatic heterocycles. The summed E-state index contributed by atoms with van der Waals surface area (Å²) in [6, 6.07) is 15.0. The number of anilines is 2. The molecule has 1 fully saturated rings. The van der Waals surface area contributed by atoms with Crippen molar-refractivity contribution in [2.75, 3.05) is 23.4 Å². The summed E-state index contributed by atoms with van der Waals surface area (Å²) in [6.45, 7) is 3.34. The molecule has 144 valence electrons. The van der Waals surface area contributed by atoms with E-state index < -0.39 is 0 Å². The van der Waals surface area contributed by atoms with Gasteiger partial charge in [0.25, 0.3) is 5.91 Å². The molecule has 2 amide bonds. The number of carbonyl (C=O) groups excluding carboxylic acids is 2. The maximum absolute atomic E-state index is 12.3. The highest BCUT2D eigenvalue weighted by molar-refractivity contribution is 5.95. The lowest BCUT2D eigenvalue weighted by molar-refractivity contribution is -0.118. The van der Waals surface area contributed by atoms with E-state index in [1.165, 1.54) is 0 Å². The molecular formula is C21H22N4O3. The summed E-state index contributed by atoms with van der Waals surface area (Å²) in [6.07, 6.45) is 1.49. The molecule has 3 aromatic rings. The second-order valence-electron chi connectivity index (χ2n) is 6.65. The van der Waals surface area contributed by atoms with Crippen molar-refractivity contribution < 1.29 is 14.3 Å². The van der Waals surface area contributed by atoms with Crippen LogP contribution < -0.4 is 15.0 Å². The molecule has 2 aromatic carbocycles. The Morgan fingerprint density at radius 1 is 1.18 bits per heavy atom. The van der Waals surface area contributed by atoms with Crippen molar-refractivity contribution in [3.05, 3.63) is 48.5 Å². The highest BCUT2D eigenvalue weighted by atomic mass is 16.5. The van der Waals surface area contributed by atoms with Crippen LogP contribution in [0.1, 0.15) is 19.8 Å². The average molecular weight is 378 g/mol. The highest BCUT2D eigenvalue weighted by Gasteiger charge is 2.21. The molecule has 0 atom stereocenters. The van der Waals surface area contributed by atoms with Crippen molar-refractivity contribution in [3.8, 4) is 5.75 Å². The number of fused-ring (bicyclic) bond motifs is 1. The molecule has 0 unspecified atom stereocenters. The van der Waals surface area contributed by atoms with Crippen LogP contribution in [0.25, 0.3) is 11.0 Å². The summed E-state index contributed by atoms with van der Waals surface area (Å²) in [4.78, 5) is 30.4. The number of rotatable bonds is 6. The van der Waals surface area contributed by atoms with Gasteiger partial charge in [-0.15, -0.1) is 0 Å². The second-order valence-corrected chi connectivity index (χ2v) is 6.65. The van der Waals surface area contributed by atoms with E-state index >= 15 is 0 Å². The molecule has 0 bridgehead atoms. The van der Waals surface area contributed by atoms with Crippen LogP contribution in [0.3, 0.4) is 0 Å². The minimum Gasteiger partial charge on any atom is -0.484 e. The molecule has 1 saturated heterocycles. The summed E-state index contributed by atoms with van der Waals surface area (Å²) in [5, 5.41) is 2.82. The van der Waals surface area contributed by atoms with E-state index in [1.807, 2.05) is 47.9 Å². The molecule has 1 N–H and O–H groups in total.